The van der Waals surface area contributed by atoms with Gasteiger partial charge in [-0.05, 0) is 12.1 Å². The minimum absolute atomic E-state index is 0.411. The Labute approximate surface area is 123 Å². The molecular weight excluding hydrogens is 271 g/mol. The summed E-state index contributed by atoms with van der Waals surface area (Å²) in [6.45, 7) is 3.29. The second-order valence-electron chi connectivity index (χ2n) is 4.85. The number of para-hydroxylation sites is 2. The van der Waals surface area contributed by atoms with E-state index < -0.39 is 5.82 Å². The van der Waals surface area contributed by atoms with Crippen LogP contribution in [0, 0.1) is 5.82 Å². The molecule has 1 aromatic heterocycles. The van der Waals surface area contributed by atoms with Crippen molar-refractivity contribution < 1.29 is 9.13 Å². The number of hydrogen-bond donors (Lipinski definition) is 0. The van der Waals surface area contributed by atoms with Gasteiger partial charge in [-0.2, -0.15) is 0 Å². The molecule has 0 unspecified atom stereocenters. The SMILES string of the molecule is COc1ccccc1N1CCN(c2ncc(F)cn2)CC1. The first-order chi connectivity index (χ1) is 10.3. The van der Waals surface area contributed by atoms with Gasteiger partial charge in [0, 0.05) is 26.2 Å². The van der Waals surface area contributed by atoms with Gasteiger partial charge in [-0.3, -0.25) is 0 Å². The van der Waals surface area contributed by atoms with E-state index in [0.29, 0.717) is 5.95 Å². The number of ether oxygens (including phenoxy) is 1. The van der Waals surface area contributed by atoms with Gasteiger partial charge in [0.1, 0.15) is 5.75 Å². The van der Waals surface area contributed by atoms with Crippen LogP contribution in [-0.4, -0.2) is 43.3 Å². The van der Waals surface area contributed by atoms with E-state index in [0.717, 1.165) is 37.6 Å². The van der Waals surface area contributed by atoms with Gasteiger partial charge in [0.2, 0.25) is 5.95 Å². The zero-order valence-electron chi connectivity index (χ0n) is 11.9. The fraction of sp³-hybridized carbons (Fsp3) is 0.333. The van der Waals surface area contributed by atoms with Crippen molar-refractivity contribution in [2.24, 2.45) is 0 Å². The molecular formula is C15H17FN4O. The summed E-state index contributed by atoms with van der Waals surface area (Å²) in [5, 5.41) is 0. The molecule has 0 aliphatic carbocycles. The molecule has 0 saturated carbocycles. The first-order valence-electron chi connectivity index (χ1n) is 6.88. The molecule has 1 aromatic carbocycles. The Bertz CT molecular complexity index is 597. The summed E-state index contributed by atoms with van der Waals surface area (Å²) in [6.07, 6.45) is 2.41. The van der Waals surface area contributed by atoms with Gasteiger partial charge in [-0.1, -0.05) is 12.1 Å². The van der Waals surface area contributed by atoms with E-state index in [1.54, 1.807) is 7.11 Å². The Morgan fingerprint density at radius 3 is 2.29 bits per heavy atom. The third-order valence-electron chi connectivity index (χ3n) is 3.60. The average molecular weight is 288 g/mol. The predicted octanol–water partition coefficient (Wildman–Crippen LogP) is 1.95. The van der Waals surface area contributed by atoms with E-state index in [-0.39, 0.29) is 0 Å². The van der Waals surface area contributed by atoms with Crippen molar-refractivity contribution in [2.45, 2.75) is 0 Å². The highest BCUT2D eigenvalue weighted by Gasteiger charge is 2.20. The summed E-state index contributed by atoms with van der Waals surface area (Å²) < 4.78 is 18.3. The number of hydrogen-bond acceptors (Lipinski definition) is 5. The van der Waals surface area contributed by atoms with E-state index in [4.69, 9.17) is 4.74 Å². The summed E-state index contributed by atoms with van der Waals surface area (Å²) in [5.74, 6) is 1.05. The number of nitrogens with zero attached hydrogens (tertiary/aromatic N) is 4. The zero-order chi connectivity index (χ0) is 14.7. The predicted molar refractivity (Wildman–Crippen MR) is 79.4 cm³/mol. The highest BCUT2D eigenvalue weighted by molar-refractivity contribution is 5.59. The number of anilines is 2. The van der Waals surface area contributed by atoms with Crippen LogP contribution in [0.1, 0.15) is 0 Å². The molecule has 5 nitrogen and oxygen atoms in total. The number of benzene rings is 1. The third-order valence-corrected chi connectivity index (χ3v) is 3.60. The standard InChI is InChI=1S/C15H17FN4O/c1-21-14-5-3-2-4-13(14)19-6-8-20(9-7-19)15-17-10-12(16)11-18-15/h2-5,10-11H,6-9H2,1H3. The second kappa shape index (κ2) is 5.95. The number of rotatable bonds is 3. The molecule has 6 heteroatoms. The molecule has 0 N–H and O–H groups in total. The summed E-state index contributed by atoms with van der Waals surface area (Å²) in [4.78, 5) is 12.4. The maximum Gasteiger partial charge on any atom is 0.225 e. The number of aromatic nitrogens is 2. The second-order valence-corrected chi connectivity index (χ2v) is 4.85. The molecule has 2 aromatic rings. The van der Waals surface area contributed by atoms with Gasteiger partial charge in [-0.15, -0.1) is 0 Å². The molecule has 21 heavy (non-hydrogen) atoms. The molecule has 2 heterocycles. The summed E-state index contributed by atoms with van der Waals surface area (Å²) >= 11 is 0. The Kier molecular flexibility index (Phi) is 3.85. The third kappa shape index (κ3) is 2.89. The maximum atomic E-state index is 12.9. The topological polar surface area (TPSA) is 41.5 Å². The highest BCUT2D eigenvalue weighted by atomic mass is 19.1. The van der Waals surface area contributed by atoms with Crippen LogP contribution in [0.2, 0.25) is 0 Å². The molecule has 0 spiro atoms. The van der Waals surface area contributed by atoms with Gasteiger partial charge in [0.25, 0.3) is 0 Å². The van der Waals surface area contributed by atoms with Crippen molar-refractivity contribution >= 4 is 11.6 Å². The summed E-state index contributed by atoms with van der Waals surface area (Å²) in [7, 11) is 1.68. The van der Waals surface area contributed by atoms with Crippen molar-refractivity contribution in [1.29, 1.82) is 0 Å². The van der Waals surface area contributed by atoms with Crippen LogP contribution in [0.25, 0.3) is 0 Å². The fourth-order valence-electron chi connectivity index (χ4n) is 2.51. The van der Waals surface area contributed by atoms with Crippen LogP contribution in [0.5, 0.6) is 5.75 Å². The van der Waals surface area contributed by atoms with E-state index in [9.17, 15) is 4.39 Å². The first-order valence-corrected chi connectivity index (χ1v) is 6.88. The maximum absolute atomic E-state index is 12.9. The minimum atomic E-state index is -0.411. The first kappa shape index (κ1) is 13.6. The highest BCUT2D eigenvalue weighted by Crippen LogP contribution is 2.28. The number of piperazine rings is 1. The monoisotopic (exact) mass is 288 g/mol. The normalized spacial score (nSPS) is 15.1. The molecule has 1 aliphatic heterocycles. The molecule has 0 atom stereocenters. The molecule has 1 fully saturated rings. The van der Waals surface area contributed by atoms with Crippen LogP contribution < -0.4 is 14.5 Å². The molecule has 1 saturated heterocycles. The Balaban J connectivity index is 1.69. The average Bonchev–Trinajstić information content (AvgIpc) is 2.56. The summed E-state index contributed by atoms with van der Waals surface area (Å²) in [5.41, 5.74) is 1.10. The van der Waals surface area contributed by atoms with Crippen LogP contribution in [-0.2, 0) is 0 Å². The van der Waals surface area contributed by atoms with Crippen LogP contribution in [0.4, 0.5) is 16.0 Å². The lowest BCUT2D eigenvalue weighted by molar-refractivity contribution is 0.413. The van der Waals surface area contributed by atoms with Crippen molar-refractivity contribution in [2.75, 3.05) is 43.1 Å². The number of methoxy groups -OCH3 is 1. The van der Waals surface area contributed by atoms with Crippen LogP contribution in [0.15, 0.2) is 36.7 Å². The molecule has 3 rings (SSSR count). The number of halogens is 1. The molecule has 0 radical (unpaired) electrons. The van der Waals surface area contributed by atoms with Crippen LogP contribution >= 0.6 is 0 Å². The molecule has 1 aliphatic rings. The molecule has 110 valence electrons. The van der Waals surface area contributed by atoms with Crippen molar-refractivity contribution in [3.05, 3.63) is 42.5 Å². The lowest BCUT2D eigenvalue weighted by Crippen LogP contribution is -2.47. The Morgan fingerprint density at radius 2 is 1.62 bits per heavy atom. The van der Waals surface area contributed by atoms with Crippen molar-refractivity contribution in [1.82, 2.24) is 9.97 Å². The van der Waals surface area contributed by atoms with E-state index in [1.165, 1.54) is 12.4 Å². The Hall–Kier alpha value is -2.37. The van der Waals surface area contributed by atoms with Crippen molar-refractivity contribution in [3.63, 3.8) is 0 Å². The van der Waals surface area contributed by atoms with Crippen LogP contribution in [0.3, 0.4) is 0 Å². The van der Waals surface area contributed by atoms with Crippen molar-refractivity contribution in [3.8, 4) is 5.75 Å². The van der Waals surface area contributed by atoms with Gasteiger partial charge in [-0.25, -0.2) is 14.4 Å². The fourth-order valence-corrected chi connectivity index (χ4v) is 2.51. The van der Waals surface area contributed by atoms with E-state index >= 15 is 0 Å². The van der Waals surface area contributed by atoms with Gasteiger partial charge >= 0.3 is 0 Å². The Morgan fingerprint density at radius 1 is 1.00 bits per heavy atom. The molecule has 0 bridgehead atoms. The quantitative estimate of drug-likeness (QED) is 0.863. The lowest BCUT2D eigenvalue weighted by atomic mass is 10.2. The lowest BCUT2D eigenvalue weighted by Gasteiger charge is -2.36. The zero-order valence-corrected chi connectivity index (χ0v) is 11.9. The van der Waals surface area contributed by atoms with E-state index in [1.807, 2.05) is 18.2 Å². The largest absolute Gasteiger partial charge is 0.495 e. The molecule has 0 amide bonds. The minimum Gasteiger partial charge on any atom is -0.495 e. The van der Waals surface area contributed by atoms with E-state index in [2.05, 4.69) is 25.8 Å². The van der Waals surface area contributed by atoms with Gasteiger partial charge in [0.05, 0.1) is 25.2 Å². The summed E-state index contributed by atoms with van der Waals surface area (Å²) in [6, 6.07) is 7.99. The van der Waals surface area contributed by atoms with Gasteiger partial charge < -0.3 is 14.5 Å². The smallest absolute Gasteiger partial charge is 0.225 e. The van der Waals surface area contributed by atoms with Gasteiger partial charge in [0.15, 0.2) is 5.82 Å².